The number of carbonyl (C=O) groups excluding carboxylic acids is 2. The fourth-order valence-corrected chi connectivity index (χ4v) is 1.65. The number of hydrogen-bond acceptors (Lipinski definition) is 4. The van der Waals surface area contributed by atoms with Crippen LogP contribution in [0.25, 0.3) is 0 Å². The van der Waals surface area contributed by atoms with Crippen molar-refractivity contribution in [2.24, 2.45) is 0 Å². The molecule has 0 aromatic heterocycles. The van der Waals surface area contributed by atoms with Crippen molar-refractivity contribution in [2.75, 3.05) is 12.3 Å². The smallest absolute Gasteiger partial charge is 0.417 e. The normalized spacial score (nSPS) is 17.8. The van der Waals surface area contributed by atoms with Crippen LogP contribution in [0.4, 0.5) is 9.59 Å². The number of imide groups is 1. The molecule has 0 aromatic rings. The van der Waals surface area contributed by atoms with Crippen LogP contribution in [-0.2, 0) is 4.74 Å². The molecule has 13 heavy (non-hydrogen) atoms. The summed E-state index contributed by atoms with van der Waals surface area (Å²) in [7, 11) is 0. The molecule has 0 atom stereocenters. The lowest BCUT2D eigenvalue weighted by Gasteiger charge is -2.22. The summed E-state index contributed by atoms with van der Waals surface area (Å²) in [6.45, 7) is 5.79. The number of carbonyl (C=O) groups is 2. The molecule has 0 spiro atoms. The van der Waals surface area contributed by atoms with Crippen LogP contribution in [0.5, 0.6) is 0 Å². The first-order valence-corrected chi connectivity index (χ1v) is 5.06. The van der Waals surface area contributed by atoms with E-state index in [0.29, 0.717) is 12.3 Å². The van der Waals surface area contributed by atoms with Gasteiger partial charge in [-0.3, -0.25) is 4.79 Å². The molecule has 74 valence electrons. The summed E-state index contributed by atoms with van der Waals surface area (Å²) in [5.74, 6) is 0.665. The van der Waals surface area contributed by atoms with E-state index in [0.717, 1.165) is 16.7 Å². The highest BCUT2D eigenvalue weighted by atomic mass is 32.2. The third kappa shape index (κ3) is 2.91. The highest BCUT2D eigenvalue weighted by molar-refractivity contribution is 8.13. The molecule has 0 saturated carbocycles. The molecule has 0 unspecified atom stereocenters. The van der Waals surface area contributed by atoms with Crippen molar-refractivity contribution >= 4 is 23.1 Å². The molecule has 4 nitrogen and oxygen atoms in total. The average Bonchev–Trinajstić information content (AvgIpc) is 2.30. The molecule has 1 aliphatic rings. The lowest BCUT2D eigenvalue weighted by molar-refractivity contribution is 0.0357. The van der Waals surface area contributed by atoms with Gasteiger partial charge in [-0.15, -0.1) is 0 Å². The van der Waals surface area contributed by atoms with E-state index in [9.17, 15) is 9.59 Å². The first-order chi connectivity index (χ1) is 5.90. The first-order valence-electron chi connectivity index (χ1n) is 4.07. The quantitative estimate of drug-likeness (QED) is 0.604. The van der Waals surface area contributed by atoms with Gasteiger partial charge in [0.25, 0.3) is 5.24 Å². The van der Waals surface area contributed by atoms with Crippen LogP contribution in [0.15, 0.2) is 0 Å². The van der Waals surface area contributed by atoms with E-state index >= 15 is 0 Å². The summed E-state index contributed by atoms with van der Waals surface area (Å²) < 4.78 is 5.04. The lowest BCUT2D eigenvalue weighted by atomic mass is 10.2. The Hall–Kier alpha value is -0.710. The van der Waals surface area contributed by atoms with Gasteiger partial charge in [-0.1, -0.05) is 11.8 Å². The van der Waals surface area contributed by atoms with Gasteiger partial charge in [0.2, 0.25) is 0 Å². The summed E-state index contributed by atoms with van der Waals surface area (Å²) in [4.78, 5) is 23.6. The minimum Gasteiger partial charge on any atom is -0.443 e. The number of thioether (sulfide) groups is 1. The monoisotopic (exact) mass is 203 g/mol. The number of hydrogen-bond donors (Lipinski definition) is 0. The second-order valence-corrected chi connectivity index (χ2v) is 4.79. The lowest BCUT2D eigenvalue weighted by Crippen LogP contribution is -2.36. The SMILES string of the molecule is CC(C)(C)OC(=O)N1CCSC1=O. The Morgan fingerprint density at radius 2 is 2.15 bits per heavy atom. The molecule has 2 amide bonds. The highest BCUT2D eigenvalue weighted by Gasteiger charge is 2.31. The van der Waals surface area contributed by atoms with Gasteiger partial charge in [-0.25, -0.2) is 9.69 Å². The molecule has 5 heteroatoms. The van der Waals surface area contributed by atoms with Crippen LogP contribution in [0.1, 0.15) is 20.8 Å². The van der Waals surface area contributed by atoms with Crippen LogP contribution >= 0.6 is 11.8 Å². The standard InChI is InChI=1S/C8H13NO3S/c1-8(2,3)12-6(10)9-4-5-13-7(9)11/h4-5H2,1-3H3. The topological polar surface area (TPSA) is 46.6 Å². The van der Waals surface area contributed by atoms with E-state index in [-0.39, 0.29) is 5.24 Å². The van der Waals surface area contributed by atoms with Gasteiger partial charge >= 0.3 is 6.09 Å². The van der Waals surface area contributed by atoms with E-state index < -0.39 is 11.7 Å². The summed E-state index contributed by atoms with van der Waals surface area (Å²) in [6, 6.07) is 0. The fraction of sp³-hybridized carbons (Fsp3) is 0.750. The molecule has 1 rings (SSSR count). The van der Waals surface area contributed by atoms with Crippen LogP contribution in [-0.4, -0.2) is 34.1 Å². The second kappa shape index (κ2) is 3.57. The number of rotatable bonds is 0. The molecule has 0 aromatic carbocycles. The molecule has 0 radical (unpaired) electrons. The van der Waals surface area contributed by atoms with Crippen LogP contribution < -0.4 is 0 Å². The molecule has 0 aliphatic carbocycles. The van der Waals surface area contributed by atoms with E-state index in [1.807, 2.05) is 0 Å². The Bertz CT molecular complexity index is 234. The van der Waals surface area contributed by atoms with Gasteiger partial charge in [-0.05, 0) is 20.8 Å². The van der Waals surface area contributed by atoms with Crippen molar-refractivity contribution in [3.05, 3.63) is 0 Å². The van der Waals surface area contributed by atoms with Crippen molar-refractivity contribution in [3.63, 3.8) is 0 Å². The third-order valence-corrected chi connectivity index (χ3v) is 2.23. The van der Waals surface area contributed by atoms with Crippen molar-refractivity contribution < 1.29 is 14.3 Å². The Balaban J connectivity index is 2.53. The summed E-state index contributed by atoms with van der Waals surface area (Å²) in [5, 5.41) is -0.214. The van der Waals surface area contributed by atoms with Gasteiger partial charge < -0.3 is 4.74 Å². The van der Waals surface area contributed by atoms with Crippen molar-refractivity contribution in [1.29, 1.82) is 0 Å². The van der Waals surface area contributed by atoms with Crippen LogP contribution in [0.2, 0.25) is 0 Å². The molecule has 1 fully saturated rings. The Labute approximate surface area is 81.6 Å². The highest BCUT2D eigenvalue weighted by Crippen LogP contribution is 2.20. The van der Waals surface area contributed by atoms with Gasteiger partial charge in [0.05, 0.1) is 0 Å². The number of nitrogens with zero attached hydrogens (tertiary/aromatic N) is 1. The minimum absolute atomic E-state index is 0.214. The predicted octanol–water partition coefficient (Wildman–Crippen LogP) is 2.09. The molecule has 0 bridgehead atoms. The Morgan fingerprint density at radius 3 is 2.54 bits per heavy atom. The third-order valence-electron chi connectivity index (χ3n) is 1.37. The van der Waals surface area contributed by atoms with Gasteiger partial charge in [0.15, 0.2) is 0 Å². The largest absolute Gasteiger partial charge is 0.443 e. The van der Waals surface area contributed by atoms with Crippen LogP contribution in [0.3, 0.4) is 0 Å². The van der Waals surface area contributed by atoms with Crippen molar-refractivity contribution in [1.82, 2.24) is 4.90 Å². The fourth-order valence-electron chi connectivity index (χ4n) is 0.876. The molecule has 1 saturated heterocycles. The van der Waals surface area contributed by atoms with Crippen molar-refractivity contribution in [3.8, 4) is 0 Å². The van der Waals surface area contributed by atoms with Crippen LogP contribution in [0, 0.1) is 0 Å². The van der Waals surface area contributed by atoms with Gasteiger partial charge in [0, 0.05) is 12.3 Å². The molecule has 1 aliphatic heterocycles. The average molecular weight is 203 g/mol. The van der Waals surface area contributed by atoms with E-state index in [1.54, 1.807) is 20.8 Å². The molecule has 1 heterocycles. The predicted molar refractivity (Wildman–Crippen MR) is 50.8 cm³/mol. The summed E-state index contributed by atoms with van der Waals surface area (Å²) >= 11 is 1.15. The summed E-state index contributed by atoms with van der Waals surface area (Å²) in [5.41, 5.74) is -0.537. The second-order valence-electron chi connectivity index (χ2n) is 3.75. The minimum atomic E-state index is -0.539. The zero-order valence-electron chi connectivity index (χ0n) is 7.99. The van der Waals surface area contributed by atoms with Crippen molar-refractivity contribution in [2.45, 2.75) is 26.4 Å². The maximum Gasteiger partial charge on any atom is 0.417 e. The van der Waals surface area contributed by atoms with Gasteiger partial charge in [0.1, 0.15) is 5.60 Å². The number of amides is 2. The Kier molecular flexibility index (Phi) is 2.85. The number of ether oxygens (including phenoxy) is 1. The van der Waals surface area contributed by atoms with E-state index in [1.165, 1.54) is 0 Å². The molecular formula is C8H13NO3S. The van der Waals surface area contributed by atoms with E-state index in [4.69, 9.17) is 4.74 Å². The Morgan fingerprint density at radius 1 is 1.54 bits per heavy atom. The van der Waals surface area contributed by atoms with E-state index in [2.05, 4.69) is 0 Å². The maximum absolute atomic E-state index is 11.3. The molecular weight excluding hydrogens is 190 g/mol. The summed E-state index contributed by atoms with van der Waals surface area (Å²) in [6.07, 6.45) is -0.539. The maximum atomic E-state index is 11.3. The zero-order valence-corrected chi connectivity index (χ0v) is 8.81. The zero-order chi connectivity index (χ0) is 10.1. The van der Waals surface area contributed by atoms with Gasteiger partial charge in [-0.2, -0.15) is 0 Å². The molecule has 0 N–H and O–H groups in total. The first kappa shape index (κ1) is 10.4.